The van der Waals surface area contributed by atoms with Gasteiger partial charge in [0, 0.05) is 37.5 Å². The van der Waals surface area contributed by atoms with Crippen LogP contribution in [0.5, 0.6) is 0 Å². The van der Waals surface area contributed by atoms with E-state index >= 15 is 0 Å². The Balaban J connectivity index is 1.33. The van der Waals surface area contributed by atoms with Gasteiger partial charge >= 0.3 is 0 Å². The maximum atomic E-state index is 13.8. The molecule has 2 aromatic rings. The molecule has 2 fully saturated rings. The van der Waals surface area contributed by atoms with Gasteiger partial charge < -0.3 is 9.80 Å². The van der Waals surface area contributed by atoms with Crippen molar-refractivity contribution in [2.75, 3.05) is 56.7 Å². The van der Waals surface area contributed by atoms with E-state index in [1.807, 2.05) is 17.0 Å². The molecule has 2 aromatic carbocycles. The fraction of sp³-hybridized carbons (Fsp3) is 0.606. The van der Waals surface area contributed by atoms with E-state index in [1.54, 1.807) is 12.1 Å². The van der Waals surface area contributed by atoms with Crippen molar-refractivity contribution in [3.63, 3.8) is 0 Å². The van der Waals surface area contributed by atoms with E-state index in [0.29, 0.717) is 43.3 Å². The maximum absolute atomic E-state index is 13.8. The number of piperidine rings is 2. The predicted molar refractivity (Wildman–Crippen MR) is 174 cm³/mol. The Morgan fingerprint density at radius 3 is 1.93 bits per heavy atom. The van der Waals surface area contributed by atoms with Crippen molar-refractivity contribution < 1.29 is 21.6 Å². The van der Waals surface area contributed by atoms with Crippen molar-refractivity contribution in [3.8, 4) is 0 Å². The third kappa shape index (κ3) is 9.36. The van der Waals surface area contributed by atoms with Crippen LogP contribution in [0.3, 0.4) is 0 Å². The van der Waals surface area contributed by atoms with Crippen LogP contribution in [0.1, 0.15) is 64.0 Å². The highest BCUT2D eigenvalue weighted by molar-refractivity contribution is 7.90. The number of carbonyl (C=O) groups is 1. The summed E-state index contributed by atoms with van der Waals surface area (Å²) in [7, 11) is -6.42. The summed E-state index contributed by atoms with van der Waals surface area (Å²) in [6, 6.07) is 15.6. The summed E-state index contributed by atoms with van der Waals surface area (Å²) in [4.78, 5) is 18.6. The van der Waals surface area contributed by atoms with Gasteiger partial charge in [-0.3, -0.25) is 4.79 Å². The van der Waals surface area contributed by atoms with Gasteiger partial charge in [-0.25, -0.2) is 21.1 Å². The molecule has 10 heteroatoms. The van der Waals surface area contributed by atoms with Gasteiger partial charge in [0.1, 0.15) is 0 Å². The van der Waals surface area contributed by atoms with Crippen LogP contribution in [0.15, 0.2) is 53.4 Å². The SMILES string of the molecule is CC(C)(C)c1ccc(N(CCCN2CCC(Cc3ccc(S(C)(=O)=O)cc3)CC2)C(=O)C2CCN(S(C)(=O)=O)CC2)cc1. The van der Waals surface area contributed by atoms with Crippen molar-refractivity contribution in [3.05, 3.63) is 59.7 Å². The fourth-order valence-corrected chi connectivity index (χ4v) is 7.74. The van der Waals surface area contributed by atoms with Gasteiger partial charge in [0.15, 0.2) is 9.84 Å². The Kier molecular flexibility index (Phi) is 10.8. The molecular weight excluding hydrogens is 583 g/mol. The third-order valence-electron chi connectivity index (χ3n) is 9.02. The first kappa shape index (κ1) is 33.6. The number of sulfonamides is 1. The lowest BCUT2D eigenvalue weighted by molar-refractivity contribution is -0.123. The Morgan fingerprint density at radius 2 is 1.42 bits per heavy atom. The van der Waals surface area contributed by atoms with Gasteiger partial charge in [-0.1, -0.05) is 45.0 Å². The molecule has 43 heavy (non-hydrogen) atoms. The van der Waals surface area contributed by atoms with Crippen LogP contribution in [0, 0.1) is 11.8 Å². The number of carbonyl (C=O) groups excluding carboxylic acids is 1. The van der Waals surface area contributed by atoms with Crippen LogP contribution < -0.4 is 4.90 Å². The van der Waals surface area contributed by atoms with Gasteiger partial charge in [-0.05, 0) is 105 Å². The number of benzene rings is 2. The highest BCUT2D eigenvalue weighted by atomic mass is 32.2. The monoisotopic (exact) mass is 631 g/mol. The second-order valence-electron chi connectivity index (χ2n) is 13.5. The molecule has 0 unspecified atom stereocenters. The average Bonchev–Trinajstić information content (AvgIpc) is 2.95. The zero-order valence-electron chi connectivity index (χ0n) is 26.5. The molecular formula is C33H49N3O5S2. The van der Waals surface area contributed by atoms with E-state index in [9.17, 15) is 21.6 Å². The lowest BCUT2D eigenvalue weighted by atomic mass is 9.87. The maximum Gasteiger partial charge on any atom is 0.230 e. The smallest absolute Gasteiger partial charge is 0.230 e. The molecule has 2 aliphatic heterocycles. The number of sulfone groups is 1. The first-order valence-electron chi connectivity index (χ1n) is 15.5. The first-order valence-corrected chi connectivity index (χ1v) is 19.2. The molecule has 0 saturated carbocycles. The number of hydrogen-bond acceptors (Lipinski definition) is 6. The molecule has 0 N–H and O–H groups in total. The Morgan fingerprint density at radius 1 is 0.837 bits per heavy atom. The van der Waals surface area contributed by atoms with Crippen LogP contribution >= 0.6 is 0 Å². The second-order valence-corrected chi connectivity index (χ2v) is 17.5. The summed E-state index contributed by atoms with van der Waals surface area (Å²) in [5.41, 5.74) is 3.33. The van der Waals surface area contributed by atoms with E-state index in [0.717, 1.165) is 51.0 Å². The van der Waals surface area contributed by atoms with Crippen molar-refractivity contribution in [1.82, 2.24) is 9.21 Å². The van der Waals surface area contributed by atoms with Crippen LogP contribution in [0.4, 0.5) is 5.69 Å². The minimum atomic E-state index is -3.24. The lowest BCUT2D eigenvalue weighted by Crippen LogP contribution is -2.45. The molecule has 2 saturated heterocycles. The Bertz CT molecular complexity index is 1430. The van der Waals surface area contributed by atoms with E-state index < -0.39 is 19.9 Å². The van der Waals surface area contributed by atoms with Crippen LogP contribution in [0.2, 0.25) is 0 Å². The van der Waals surface area contributed by atoms with E-state index in [-0.39, 0.29) is 17.2 Å². The normalized spacial score (nSPS) is 18.5. The fourth-order valence-electron chi connectivity index (χ4n) is 6.24. The summed E-state index contributed by atoms with van der Waals surface area (Å²) >= 11 is 0. The molecule has 4 rings (SSSR count). The van der Waals surface area contributed by atoms with Gasteiger partial charge in [-0.15, -0.1) is 0 Å². The Labute approximate surface area is 259 Å². The zero-order chi connectivity index (χ0) is 31.4. The molecule has 0 bridgehead atoms. The summed E-state index contributed by atoms with van der Waals surface area (Å²) in [6.45, 7) is 10.9. The predicted octanol–water partition coefficient (Wildman–Crippen LogP) is 4.74. The lowest BCUT2D eigenvalue weighted by Gasteiger charge is -2.35. The molecule has 8 nitrogen and oxygen atoms in total. The number of nitrogens with zero attached hydrogens (tertiary/aromatic N) is 3. The van der Waals surface area contributed by atoms with Gasteiger partial charge in [-0.2, -0.15) is 0 Å². The Hall–Kier alpha value is -2.27. The molecule has 2 aliphatic rings. The topological polar surface area (TPSA) is 95.1 Å². The molecule has 0 atom stereocenters. The van der Waals surface area contributed by atoms with E-state index in [1.165, 1.54) is 27.9 Å². The minimum Gasteiger partial charge on any atom is -0.312 e. The van der Waals surface area contributed by atoms with E-state index in [2.05, 4.69) is 49.9 Å². The van der Waals surface area contributed by atoms with Crippen molar-refractivity contribution in [2.24, 2.45) is 11.8 Å². The van der Waals surface area contributed by atoms with Gasteiger partial charge in [0.25, 0.3) is 0 Å². The first-order chi connectivity index (χ1) is 20.1. The van der Waals surface area contributed by atoms with Crippen molar-refractivity contribution in [1.29, 1.82) is 0 Å². The quantitative estimate of drug-likeness (QED) is 0.376. The molecule has 0 aliphatic carbocycles. The molecule has 1 amide bonds. The van der Waals surface area contributed by atoms with E-state index in [4.69, 9.17) is 0 Å². The van der Waals surface area contributed by atoms with Crippen LogP contribution in [-0.4, -0.2) is 83.7 Å². The summed E-state index contributed by atoms with van der Waals surface area (Å²) in [5.74, 6) is 0.498. The van der Waals surface area contributed by atoms with Gasteiger partial charge in [0.2, 0.25) is 15.9 Å². The molecule has 0 radical (unpaired) electrons. The summed E-state index contributed by atoms with van der Waals surface area (Å²) < 4.78 is 48.9. The standard InChI is InChI=1S/C33H49N3O5S2/c1-33(2,3)29-9-11-30(12-10-29)36(32(37)28-17-23-35(24-18-28)43(5,40)41)20-6-19-34-21-15-27(16-22-34)25-26-7-13-31(14-8-26)42(4,38)39/h7-14,27-28H,6,15-25H2,1-5H3. The number of rotatable bonds is 10. The third-order valence-corrected chi connectivity index (χ3v) is 11.5. The number of likely N-dealkylation sites (tertiary alicyclic amines) is 1. The number of hydrogen-bond donors (Lipinski definition) is 0. The highest BCUT2D eigenvalue weighted by Crippen LogP contribution is 2.29. The zero-order valence-corrected chi connectivity index (χ0v) is 28.1. The average molecular weight is 632 g/mol. The van der Waals surface area contributed by atoms with Crippen LogP contribution in [0.25, 0.3) is 0 Å². The van der Waals surface area contributed by atoms with Crippen LogP contribution in [-0.2, 0) is 36.5 Å². The molecule has 238 valence electrons. The summed E-state index contributed by atoms with van der Waals surface area (Å²) in [6.07, 6.45) is 7.60. The molecule has 0 aromatic heterocycles. The summed E-state index contributed by atoms with van der Waals surface area (Å²) in [5, 5.41) is 0. The molecule has 2 heterocycles. The molecule has 0 spiro atoms. The second kappa shape index (κ2) is 13.8. The number of amides is 1. The largest absolute Gasteiger partial charge is 0.312 e. The number of anilines is 1. The van der Waals surface area contributed by atoms with Crippen molar-refractivity contribution >= 4 is 31.5 Å². The van der Waals surface area contributed by atoms with Crippen molar-refractivity contribution in [2.45, 2.75) is 69.6 Å². The minimum absolute atomic E-state index is 0.0254. The highest BCUT2D eigenvalue weighted by Gasteiger charge is 2.32. The van der Waals surface area contributed by atoms with Gasteiger partial charge in [0.05, 0.1) is 11.2 Å².